The van der Waals surface area contributed by atoms with Gasteiger partial charge in [0.1, 0.15) is 11.4 Å². The highest BCUT2D eigenvalue weighted by atomic mass is 32.2. The molecule has 0 unspecified atom stereocenters. The zero-order valence-electron chi connectivity index (χ0n) is 23.5. The number of carbonyl (C=O) groups is 4. The number of amides is 3. The van der Waals surface area contributed by atoms with Gasteiger partial charge < -0.3 is 25.4 Å². The summed E-state index contributed by atoms with van der Waals surface area (Å²) >= 11 is 1.29. The summed E-state index contributed by atoms with van der Waals surface area (Å²) in [6, 6.07) is 29.3. The lowest BCUT2D eigenvalue weighted by Crippen LogP contribution is -2.30. The van der Waals surface area contributed by atoms with Gasteiger partial charge in [-0.25, -0.2) is 4.79 Å². The fourth-order valence-corrected chi connectivity index (χ4v) is 4.63. The molecule has 0 saturated carbocycles. The highest BCUT2D eigenvalue weighted by molar-refractivity contribution is 8.00. The summed E-state index contributed by atoms with van der Waals surface area (Å²) in [5.74, 6) is -1.16. The topological polar surface area (TPSA) is 123 Å². The van der Waals surface area contributed by atoms with E-state index < -0.39 is 17.8 Å². The number of methoxy groups -OCH3 is 2. The number of carbonyl (C=O) groups excluding carboxylic acids is 4. The van der Waals surface area contributed by atoms with Gasteiger partial charge in [-0.15, -0.1) is 11.8 Å². The molecule has 218 valence electrons. The molecular formula is C33H29N3O6S. The van der Waals surface area contributed by atoms with Gasteiger partial charge in [0.2, 0.25) is 5.91 Å². The van der Waals surface area contributed by atoms with E-state index in [1.807, 2.05) is 6.07 Å². The first-order chi connectivity index (χ1) is 20.9. The SMILES string of the molecule is COC(=O)c1ccccc1NC(=O)CSc1ccc(NC(=O)/C(=C/c2ccccc2OC)NC(=O)c2ccccc2)cc1. The third-order valence-electron chi connectivity index (χ3n) is 6.06. The first-order valence-corrected chi connectivity index (χ1v) is 14.1. The summed E-state index contributed by atoms with van der Waals surface area (Å²) in [4.78, 5) is 51.5. The zero-order chi connectivity index (χ0) is 30.6. The Balaban J connectivity index is 1.42. The Morgan fingerprint density at radius 3 is 2.16 bits per heavy atom. The van der Waals surface area contributed by atoms with Gasteiger partial charge in [0.15, 0.2) is 0 Å². The van der Waals surface area contributed by atoms with Crippen molar-refractivity contribution in [3.8, 4) is 5.75 Å². The van der Waals surface area contributed by atoms with Crippen molar-refractivity contribution in [1.29, 1.82) is 0 Å². The van der Waals surface area contributed by atoms with Crippen molar-refractivity contribution in [3.63, 3.8) is 0 Å². The Morgan fingerprint density at radius 2 is 1.44 bits per heavy atom. The van der Waals surface area contributed by atoms with Gasteiger partial charge in [0.05, 0.1) is 31.2 Å². The third-order valence-corrected chi connectivity index (χ3v) is 7.07. The molecular weight excluding hydrogens is 566 g/mol. The van der Waals surface area contributed by atoms with Gasteiger partial charge in [0.25, 0.3) is 11.8 Å². The van der Waals surface area contributed by atoms with Gasteiger partial charge in [-0.3, -0.25) is 14.4 Å². The van der Waals surface area contributed by atoms with Crippen molar-refractivity contribution < 1.29 is 28.7 Å². The molecule has 0 spiro atoms. The Kier molecular flexibility index (Phi) is 10.7. The molecule has 0 atom stereocenters. The fourth-order valence-electron chi connectivity index (χ4n) is 3.93. The number of anilines is 2. The molecule has 0 heterocycles. The average molecular weight is 596 g/mol. The van der Waals surface area contributed by atoms with Crippen molar-refractivity contribution in [1.82, 2.24) is 5.32 Å². The van der Waals surface area contributed by atoms with Crippen LogP contribution in [0.15, 0.2) is 114 Å². The Labute approximate surface area is 253 Å². The molecule has 0 fully saturated rings. The second-order valence-electron chi connectivity index (χ2n) is 8.97. The molecule has 0 aliphatic heterocycles. The van der Waals surface area contributed by atoms with Crippen molar-refractivity contribution in [2.45, 2.75) is 4.90 Å². The molecule has 4 aromatic rings. The summed E-state index contributed by atoms with van der Waals surface area (Å²) in [6.45, 7) is 0. The fraction of sp³-hybridized carbons (Fsp3) is 0.0909. The minimum absolute atomic E-state index is 0.0284. The highest BCUT2D eigenvalue weighted by Gasteiger charge is 2.17. The van der Waals surface area contributed by atoms with E-state index in [-0.39, 0.29) is 22.9 Å². The van der Waals surface area contributed by atoms with Crippen LogP contribution in [0.25, 0.3) is 6.08 Å². The first kappa shape index (κ1) is 30.6. The molecule has 4 aromatic carbocycles. The van der Waals surface area contributed by atoms with E-state index in [0.717, 1.165) is 4.90 Å². The number of nitrogens with one attached hydrogen (secondary N) is 3. The lowest BCUT2D eigenvalue weighted by atomic mass is 10.1. The second kappa shape index (κ2) is 15.0. The summed E-state index contributed by atoms with van der Waals surface area (Å²) in [7, 11) is 2.81. The average Bonchev–Trinajstić information content (AvgIpc) is 3.04. The van der Waals surface area contributed by atoms with Crippen molar-refractivity contribution in [2.75, 3.05) is 30.6 Å². The van der Waals surface area contributed by atoms with Gasteiger partial charge in [-0.2, -0.15) is 0 Å². The van der Waals surface area contributed by atoms with E-state index in [2.05, 4.69) is 16.0 Å². The maximum absolute atomic E-state index is 13.3. The predicted octanol–water partition coefficient (Wildman–Crippen LogP) is 5.62. The standard InChI is InChI=1S/C33H29N3O6S/c1-41-29-15-9-6-12-23(29)20-28(36-31(38)22-10-4-3-5-11-22)32(39)34-24-16-18-25(19-17-24)43-21-30(37)35-27-14-8-7-13-26(27)33(40)42-2/h3-20H,21H2,1-2H3,(H,34,39)(H,35,37)(H,36,38)/b28-20-. The number of hydrogen-bond acceptors (Lipinski definition) is 7. The van der Waals surface area contributed by atoms with E-state index >= 15 is 0 Å². The largest absolute Gasteiger partial charge is 0.496 e. The lowest BCUT2D eigenvalue weighted by molar-refractivity contribution is -0.114. The van der Waals surface area contributed by atoms with Crippen LogP contribution in [-0.4, -0.2) is 43.7 Å². The molecule has 0 bridgehead atoms. The van der Waals surface area contributed by atoms with E-state index in [1.54, 1.807) is 103 Å². The molecule has 9 nitrogen and oxygen atoms in total. The minimum Gasteiger partial charge on any atom is -0.496 e. The van der Waals surface area contributed by atoms with E-state index in [4.69, 9.17) is 9.47 Å². The molecule has 0 saturated heterocycles. The maximum Gasteiger partial charge on any atom is 0.339 e. The van der Waals surface area contributed by atoms with Gasteiger partial charge in [-0.1, -0.05) is 48.5 Å². The van der Waals surface area contributed by atoms with Crippen LogP contribution in [0.1, 0.15) is 26.3 Å². The molecule has 0 aliphatic rings. The van der Waals surface area contributed by atoms with Crippen LogP contribution < -0.4 is 20.7 Å². The van der Waals surface area contributed by atoms with Crippen molar-refractivity contribution >= 4 is 52.9 Å². The number of para-hydroxylation sites is 2. The summed E-state index contributed by atoms with van der Waals surface area (Å²) in [5.41, 5.74) is 2.17. The number of hydrogen-bond donors (Lipinski definition) is 3. The first-order valence-electron chi connectivity index (χ1n) is 13.1. The molecule has 10 heteroatoms. The van der Waals surface area contributed by atoms with Gasteiger partial charge in [0, 0.05) is 21.7 Å². The van der Waals surface area contributed by atoms with Crippen LogP contribution in [0.2, 0.25) is 0 Å². The number of thioether (sulfide) groups is 1. The van der Waals surface area contributed by atoms with Gasteiger partial charge >= 0.3 is 5.97 Å². The van der Waals surface area contributed by atoms with E-state index in [0.29, 0.717) is 28.3 Å². The molecule has 0 radical (unpaired) electrons. The molecule has 3 amide bonds. The van der Waals surface area contributed by atoms with Crippen molar-refractivity contribution in [2.24, 2.45) is 0 Å². The Hall–Kier alpha value is -5.35. The molecule has 4 rings (SSSR count). The van der Waals surface area contributed by atoms with Crippen LogP contribution in [-0.2, 0) is 14.3 Å². The van der Waals surface area contributed by atoms with Crippen LogP contribution in [0.4, 0.5) is 11.4 Å². The number of ether oxygens (including phenoxy) is 2. The van der Waals surface area contributed by atoms with Crippen LogP contribution in [0.3, 0.4) is 0 Å². The zero-order valence-corrected chi connectivity index (χ0v) is 24.3. The Morgan fingerprint density at radius 1 is 0.767 bits per heavy atom. The minimum atomic E-state index is -0.540. The summed E-state index contributed by atoms with van der Waals surface area (Å²) < 4.78 is 10.2. The quantitative estimate of drug-likeness (QED) is 0.117. The summed E-state index contributed by atoms with van der Waals surface area (Å²) in [5, 5.41) is 8.25. The monoisotopic (exact) mass is 595 g/mol. The van der Waals surface area contributed by atoms with E-state index in [9.17, 15) is 19.2 Å². The summed E-state index contributed by atoms with van der Waals surface area (Å²) in [6.07, 6.45) is 1.55. The smallest absolute Gasteiger partial charge is 0.339 e. The van der Waals surface area contributed by atoms with Crippen molar-refractivity contribution in [3.05, 3.63) is 126 Å². The number of rotatable bonds is 11. The number of esters is 1. The third kappa shape index (κ3) is 8.57. The predicted molar refractivity (Wildman–Crippen MR) is 167 cm³/mol. The van der Waals surface area contributed by atoms with Gasteiger partial charge in [-0.05, 0) is 60.7 Å². The molecule has 3 N–H and O–H groups in total. The second-order valence-corrected chi connectivity index (χ2v) is 10.0. The highest BCUT2D eigenvalue weighted by Crippen LogP contribution is 2.23. The molecule has 0 aromatic heterocycles. The van der Waals surface area contributed by atoms with Crippen LogP contribution in [0.5, 0.6) is 5.75 Å². The van der Waals surface area contributed by atoms with Crippen LogP contribution in [0, 0.1) is 0 Å². The lowest BCUT2D eigenvalue weighted by Gasteiger charge is -2.13. The van der Waals surface area contributed by atoms with E-state index in [1.165, 1.54) is 26.0 Å². The van der Waals surface area contributed by atoms with Crippen LogP contribution >= 0.6 is 11.8 Å². The molecule has 43 heavy (non-hydrogen) atoms. The normalized spacial score (nSPS) is 10.8. The molecule has 0 aliphatic carbocycles. The Bertz CT molecular complexity index is 1640. The maximum atomic E-state index is 13.3. The number of benzene rings is 4.